The molecular formula is C18H37Cl2CrO3. The van der Waals surface area contributed by atoms with Crippen LogP contribution in [0.25, 0.3) is 0 Å². The van der Waals surface area contributed by atoms with E-state index in [4.69, 9.17) is 9.26 Å². The average Bonchev–Trinajstić information content (AvgIpc) is 2.53. The van der Waals surface area contributed by atoms with Crippen LogP contribution in [0, 0.1) is 0 Å². The van der Waals surface area contributed by atoms with Crippen LogP contribution >= 0.6 is 0 Å². The molecule has 0 atom stereocenters. The van der Waals surface area contributed by atoms with Gasteiger partial charge in [-0.1, -0.05) is 96.8 Å². The van der Waals surface area contributed by atoms with Crippen LogP contribution in [-0.4, -0.2) is 15.2 Å². The number of carbonyl (C=O) groups is 1. The molecule has 0 saturated heterocycles. The number of halogens is 2. The molecule has 147 valence electrons. The minimum absolute atomic E-state index is 0. The molecule has 0 bridgehead atoms. The molecule has 0 spiro atoms. The van der Waals surface area contributed by atoms with Crippen LogP contribution in [-0.2, 0) is 21.4 Å². The Kier molecular flexibility index (Phi) is 42.1. The summed E-state index contributed by atoms with van der Waals surface area (Å²) in [5, 5.41) is 8.52. The Balaban J connectivity index is -0.000000480. The third-order valence-electron chi connectivity index (χ3n) is 3.99. The molecule has 0 amide bonds. The van der Waals surface area contributed by atoms with Gasteiger partial charge in [-0.05, 0) is 6.42 Å². The van der Waals surface area contributed by atoms with E-state index in [1.54, 1.807) is 16.6 Å². The molecule has 3 nitrogen and oxygen atoms in total. The molecule has 0 fully saturated rings. The van der Waals surface area contributed by atoms with Crippen molar-refractivity contribution in [2.45, 2.75) is 110 Å². The second-order valence-electron chi connectivity index (χ2n) is 6.09. The SMILES string of the molecule is CCCCCCCCCCCCCCCCCC(=O)O.[Cl-].[Cl-].[OH][Cr+2]. The monoisotopic (exact) mass is 423 g/mol. The van der Waals surface area contributed by atoms with Gasteiger partial charge in [0.05, 0.1) is 0 Å². The number of carboxylic acids is 1. The fraction of sp³-hybridized carbons (Fsp3) is 0.944. The molecule has 0 saturated carbocycles. The zero-order chi connectivity index (χ0) is 16.9. The van der Waals surface area contributed by atoms with E-state index in [0.29, 0.717) is 6.42 Å². The van der Waals surface area contributed by atoms with Crippen molar-refractivity contribution in [3.05, 3.63) is 0 Å². The summed E-state index contributed by atoms with van der Waals surface area (Å²) in [6, 6.07) is 0. The molecule has 2 N–H and O–H groups in total. The molecule has 0 aliphatic rings. The molecule has 0 aromatic rings. The van der Waals surface area contributed by atoms with Crippen molar-refractivity contribution in [2.24, 2.45) is 0 Å². The average molecular weight is 424 g/mol. The first-order valence-electron chi connectivity index (χ1n) is 9.17. The van der Waals surface area contributed by atoms with E-state index in [-0.39, 0.29) is 24.8 Å². The van der Waals surface area contributed by atoms with E-state index in [1.807, 2.05) is 0 Å². The number of hydrogen-bond donors (Lipinski definition) is 2. The predicted octanol–water partition coefficient (Wildman–Crippen LogP) is -0.219. The molecule has 6 heteroatoms. The Morgan fingerprint density at radius 3 is 1.12 bits per heavy atom. The maximum absolute atomic E-state index is 10.3. The fourth-order valence-electron chi connectivity index (χ4n) is 2.65. The molecule has 0 aliphatic carbocycles. The van der Waals surface area contributed by atoms with Gasteiger partial charge in [0.2, 0.25) is 0 Å². The van der Waals surface area contributed by atoms with Gasteiger partial charge in [-0.25, -0.2) is 0 Å². The zero-order valence-electron chi connectivity index (χ0n) is 15.3. The first-order valence-corrected chi connectivity index (χ1v) is 9.74. The van der Waals surface area contributed by atoms with Gasteiger partial charge in [0.15, 0.2) is 0 Å². The van der Waals surface area contributed by atoms with Crippen molar-refractivity contribution in [3.8, 4) is 0 Å². The third kappa shape index (κ3) is 34.0. The van der Waals surface area contributed by atoms with Crippen LogP contribution < -0.4 is 24.8 Å². The van der Waals surface area contributed by atoms with Crippen LogP contribution in [0.2, 0.25) is 0 Å². The maximum atomic E-state index is 10.3. The Morgan fingerprint density at radius 2 is 0.875 bits per heavy atom. The van der Waals surface area contributed by atoms with Crippen molar-refractivity contribution in [1.29, 1.82) is 0 Å². The van der Waals surface area contributed by atoms with Crippen molar-refractivity contribution < 1.29 is 55.5 Å². The van der Waals surface area contributed by atoms with Gasteiger partial charge >= 0.3 is 26.8 Å². The zero-order valence-corrected chi connectivity index (χ0v) is 18.1. The first kappa shape index (κ1) is 32.2. The molecule has 0 radical (unpaired) electrons. The third-order valence-corrected chi connectivity index (χ3v) is 3.99. The van der Waals surface area contributed by atoms with E-state index in [1.165, 1.54) is 83.5 Å². The summed E-state index contributed by atoms with van der Waals surface area (Å²) in [5.41, 5.74) is 0. The molecule has 0 aromatic carbocycles. The Morgan fingerprint density at radius 1 is 0.625 bits per heavy atom. The second-order valence-corrected chi connectivity index (χ2v) is 6.09. The minimum atomic E-state index is -0.653. The van der Waals surface area contributed by atoms with Gasteiger partial charge in [0.1, 0.15) is 0 Å². The van der Waals surface area contributed by atoms with Gasteiger partial charge in [0.25, 0.3) is 0 Å². The molecular weight excluding hydrogens is 387 g/mol. The molecule has 24 heavy (non-hydrogen) atoms. The molecule has 0 unspecified atom stereocenters. The summed E-state index contributed by atoms with van der Waals surface area (Å²) in [7, 11) is 0. The van der Waals surface area contributed by atoms with Gasteiger partial charge in [-0.2, -0.15) is 0 Å². The van der Waals surface area contributed by atoms with E-state index in [0.717, 1.165) is 12.8 Å². The van der Waals surface area contributed by atoms with Crippen LogP contribution in [0.3, 0.4) is 0 Å². The Labute approximate surface area is 171 Å². The van der Waals surface area contributed by atoms with Crippen LogP contribution in [0.4, 0.5) is 0 Å². The van der Waals surface area contributed by atoms with E-state index >= 15 is 0 Å². The Hall–Kier alpha value is 0.542. The van der Waals surface area contributed by atoms with Crippen molar-refractivity contribution in [2.75, 3.05) is 0 Å². The van der Waals surface area contributed by atoms with Gasteiger partial charge < -0.3 is 29.9 Å². The van der Waals surface area contributed by atoms with E-state index < -0.39 is 5.97 Å². The predicted molar refractivity (Wildman–Crippen MR) is 89.4 cm³/mol. The molecule has 0 aliphatic heterocycles. The fourth-order valence-corrected chi connectivity index (χ4v) is 2.65. The van der Waals surface area contributed by atoms with Gasteiger partial charge in [0, 0.05) is 6.42 Å². The van der Waals surface area contributed by atoms with Crippen LogP contribution in [0.5, 0.6) is 0 Å². The normalized spacial score (nSPS) is 9.21. The number of unbranched alkanes of at least 4 members (excludes halogenated alkanes) is 14. The van der Waals surface area contributed by atoms with Crippen molar-refractivity contribution in [3.63, 3.8) is 0 Å². The summed E-state index contributed by atoms with van der Waals surface area (Å²) < 4.78 is 6.88. The van der Waals surface area contributed by atoms with Gasteiger partial charge in [-0.3, -0.25) is 4.79 Å². The molecule has 0 heterocycles. The van der Waals surface area contributed by atoms with Crippen molar-refractivity contribution in [1.82, 2.24) is 0 Å². The molecule has 0 aromatic heterocycles. The topological polar surface area (TPSA) is 57.5 Å². The first-order chi connectivity index (χ1) is 10.8. The summed E-state index contributed by atoms with van der Waals surface area (Å²) in [6.45, 7) is 2.27. The quantitative estimate of drug-likeness (QED) is 0.337. The van der Waals surface area contributed by atoms with E-state index in [9.17, 15) is 4.79 Å². The van der Waals surface area contributed by atoms with Crippen molar-refractivity contribution >= 4 is 5.97 Å². The number of rotatable bonds is 16. The van der Waals surface area contributed by atoms with Crippen LogP contribution in [0.15, 0.2) is 0 Å². The summed E-state index contributed by atoms with van der Waals surface area (Å²) >= 11 is 1.62. The number of aliphatic carboxylic acids is 1. The Bertz CT molecular complexity index is 220. The molecule has 0 rings (SSSR count). The van der Waals surface area contributed by atoms with Gasteiger partial charge in [-0.15, -0.1) is 0 Å². The summed E-state index contributed by atoms with van der Waals surface area (Å²) in [5.74, 6) is -0.653. The van der Waals surface area contributed by atoms with Crippen LogP contribution in [0.1, 0.15) is 110 Å². The summed E-state index contributed by atoms with van der Waals surface area (Å²) in [4.78, 5) is 10.3. The standard InChI is InChI=1S/C18H36O2.2ClH.Cr.H2O/c1-2-3-4-5-6-7-8-9-10-11-12-13-14-15-16-17-18(19)20;;;;/h2-17H2,1H3,(H,19,20);2*1H;;1H2/q;;;+3;/p-3. The van der Waals surface area contributed by atoms with E-state index in [2.05, 4.69) is 6.92 Å². The second kappa shape index (κ2) is 31.3. The summed E-state index contributed by atoms with van der Waals surface area (Å²) in [6.07, 6.45) is 20.2. The number of carboxylic acid groups (broad SMARTS) is 1. The number of hydrogen-bond acceptors (Lipinski definition) is 2.